The smallest absolute Gasteiger partial charge is 0.138 e. The quantitative estimate of drug-likeness (QED) is 0.820. The Bertz CT molecular complexity index is 430. The third-order valence-corrected chi connectivity index (χ3v) is 2.73. The van der Waals surface area contributed by atoms with Gasteiger partial charge < -0.3 is 14.6 Å². The van der Waals surface area contributed by atoms with Crippen LogP contribution in [-0.4, -0.2) is 36.0 Å². The highest BCUT2D eigenvalue weighted by atomic mass is 16.5. The van der Waals surface area contributed by atoms with E-state index in [0.29, 0.717) is 12.4 Å². The maximum atomic E-state index is 8.63. The Balaban J connectivity index is 1.88. The Morgan fingerprint density at radius 3 is 3.17 bits per heavy atom. The Hall–Kier alpha value is -1.57. The molecule has 1 atom stereocenters. The van der Waals surface area contributed by atoms with Gasteiger partial charge in [-0.25, -0.2) is 0 Å². The zero-order chi connectivity index (χ0) is 12.6. The summed E-state index contributed by atoms with van der Waals surface area (Å²) in [6.07, 6.45) is 6.89. The van der Waals surface area contributed by atoms with Crippen LogP contribution >= 0.6 is 0 Å². The number of ether oxygens (including phenoxy) is 2. The Kier molecular flexibility index (Phi) is 5.00. The van der Waals surface area contributed by atoms with E-state index in [-0.39, 0.29) is 12.7 Å². The number of aromatic nitrogens is 1. The number of hydrogen-bond acceptors (Lipinski definition) is 4. The maximum absolute atomic E-state index is 8.63. The van der Waals surface area contributed by atoms with Crippen molar-refractivity contribution in [1.29, 1.82) is 0 Å². The summed E-state index contributed by atoms with van der Waals surface area (Å²) in [5, 5.41) is 8.63. The van der Waals surface area contributed by atoms with E-state index in [1.54, 1.807) is 12.4 Å². The van der Waals surface area contributed by atoms with Gasteiger partial charge in [-0.1, -0.05) is 11.8 Å². The molecule has 1 unspecified atom stereocenters. The molecule has 1 aromatic rings. The average Bonchev–Trinajstić information content (AvgIpc) is 2.44. The van der Waals surface area contributed by atoms with Crippen LogP contribution in [0.15, 0.2) is 18.5 Å². The van der Waals surface area contributed by atoms with Crippen molar-refractivity contribution in [2.75, 3.05) is 19.8 Å². The summed E-state index contributed by atoms with van der Waals surface area (Å²) in [6.45, 7) is 1.23. The summed E-state index contributed by atoms with van der Waals surface area (Å²) >= 11 is 0. The van der Waals surface area contributed by atoms with Gasteiger partial charge in [-0.3, -0.25) is 4.98 Å². The second-order valence-electron chi connectivity index (χ2n) is 4.17. The van der Waals surface area contributed by atoms with E-state index < -0.39 is 0 Å². The first-order chi connectivity index (χ1) is 8.88. The molecule has 0 amide bonds. The molecule has 0 spiro atoms. The van der Waals surface area contributed by atoms with Crippen LogP contribution in [0, 0.1) is 11.8 Å². The van der Waals surface area contributed by atoms with Gasteiger partial charge in [-0.15, -0.1) is 0 Å². The molecule has 1 aromatic heterocycles. The molecule has 96 valence electrons. The molecular weight excluding hydrogens is 230 g/mol. The van der Waals surface area contributed by atoms with E-state index in [4.69, 9.17) is 14.6 Å². The van der Waals surface area contributed by atoms with Crippen LogP contribution < -0.4 is 4.74 Å². The Morgan fingerprint density at radius 2 is 2.39 bits per heavy atom. The minimum atomic E-state index is -0.152. The number of pyridine rings is 1. The molecule has 4 nitrogen and oxygen atoms in total. The molecule has 1 saturated heterocycles. The number of aliphatic hydroxyl groups is 1. The second kappa shape index (κ2) is 7.00. The summed E-state index contributed by atoms with van der Waals surface area (Å²) in [5.74, 6) is 6.07. The van der Waals surface area contributed by atoms with E-state index in [1.165, 1.54) is 6.42 Å². The van der Waals surface area contributed by atoms with Crippen LogP contribution in [0.1, 0.15) is 24.8 Å². The van der Waals surface area contributed by atoms with Crippen LogP contribution in [0.25, 0.3) is 0 Å². The molecule has 1 aliphatic rings. The lowest BCUT2D eigenvalue weighted by Crippen LogP contribution is -2.25. The first kappa shape index (κ1) is 12.9. The fourth-order valence-electron chi connectivity index (χ4n) is 1.84. The summed E-state index contributed by atoms with van der Waals surface area (Å²) < 4.78 is 11.2. The first-order valence-corrected chi connectivity index (χ1v) is 6.17. The fourth-order valence-corrected chi connectivity index (χ4v) is 1.84. The maximum Gasteiger partial charge on any atom is 0.138 e. The summed E-state index contributed by atoms with van der Waals surface area (Å²) in [4.78, 5) is 4.05. The van der Waals surface area contributed by atoms with Crippen molar-refractivity contribution in [3.05, 3.63) is 24.0 Å². The minimum Gasteiger partial charge on any atom is -0.489 e. The standard InChI is InChI=1S/C14H17NO3/c16-6-3-4-12-8-14(10-15-9-12)18-11-13-5-1-2-7-17-13/h8-10,13,16H,1-2,5-7,11H2. The third kappa shape index (κ3) is 4.02. The molecule has 2 rings (SSSR count). The molecule has 0 saturated carbocycles. The van der Waals surface area contributed by atoms with Crippen molar-refractivity contribution in [2.24, 2.45) is 0 Å². The second-order valence-corrected chi connectivity index (χ2v) is 4.17. The molecule has 4 heteroatoms. The van der Waals surface area contributed by atoms with Gasteiger partial charge in [0.05, 0.1) is 12.3 Å². The van der Waals surface area contributed by atoms with Crippen molar-refractivity contribution in [2.45, 2.75) is 25.4 Å². The summed E-state index contributed by atoms with van der Waals surface area (Å²) in [6, 6.07) is 1.82. The highest BCUT2D eigenvalue weighted by Gasteiger charge is 2.14. The van der Waals surface area contributed by atoms with E-state index in [2.05, 4.69) is 16.8 Å². The highest BCUT2D eigenvalue weighted by molar-refractivity contribution is 5.36. The predicted molar refractivity (Wildman–Crippen MR) is 67.3 cm³/mol. The molecule has 1 fully saturated rings. The average molecular weight is 247 g/mol. The summed E-state index contributed by atoms with van der Waals surface area (Å²) in [7, 11) is 0. The number of rotatable bonds is 3. The van der Waals surface area contributed by atoms with Gasteiger partial charge in [0.1, 0.15) is 19.0 Å². The lowest BCUT2D eigenvalue weighted by atomic mass is 10.1. The third-order valence-electron chi connectivity index (χ3n) is 2.73. The monoisotopic (exact) mass is 247 g/mol. The van der Waals surface area contributed by atoms with Gasteiger partial charge >= 0.3 is 0 Å². The number of nitrogens with zero attached hydrogens (tertiary/aromatic N) is 1. The molecule has 0 bridgehead atoms. The molecule has 0 aliphatic carbocycles. The van der Waals surface area contributed by atoms with Crippen LogP contribution in [0.4, 0.5) is 0 Å². The van der Waals surface area contributed by atoms with Gasteiger partial charge in [0.25, 0.3) is 0 Å². The van der Waals surface area contributed by atoms with Crippen molar-refractivity contribution in [3.63, 3.8) is 0 Å². The fraction of sp³-hybridized carbons (Fsp3) is 0.500. The van der Waals surface area contributed by atoms with E-state index in [9.17, 15) is 0 Å². The van der Waals surface area contributed by atoms with Crippen LogP contribution in [-0.2, 0) is 4.74 Å². The minimum absolute atomic E-state index is 0.152. The van der Waals surface area contributed by atoms with E-state index in [1.807, 2.05) is 6.07 Å². The number of aliphatic hydroxyl groups excluding tert-OH is 1. The topological polar surface area (TPSA) is 51.6 Å². The van der Waals surface area contributed by atoms with Gasteiger partial charge in [-0.05, 0) is 25.3 Å². The highest BCUT2D eigenvalue weighted by Crippen LogP contribution is 2.16. The van der Waals surface area contributed by atoms with Gasteiger partial charge in [0, 0.05) is 18.4 Å². The van der Waals surface area contributed by atoms with Crippen molar-refractivity contribution in [1.82, 2.24) is 4.98 Å². The lowest BCUT2D eigenvalue weighted by Gasteiger charge is -2.22. The molecule has 1 aliphatic heterocycles. The molecule has 1 N–H and O–H groups in total. The van der Waals surface area contributed by atoms with Crippen LogP contribution in [0.3, 0.4) is 0 Å². The molecular formula is C14H17NO3. The van der Waals surface area contributed by atoms with Crippen molar-refractivity contribution in [3.8, 4) is 17.6 Å². The molecule has 18 heavy (non-hydrogen) atoms. The Labute approximate surface area is 107 Å². The van der Waals surface area contributed by atoms with Crippen molar-refractivity contribution >= 4 is 0 Å². The van der Waals surface area contributed by atoms with Gasteiger partial charge in [-0.2, -0.15) is 0 Å². The zero-order valence-electron chi connectivity index (χ0n) is 10.3. The van der Waals surface area contributed by atoms with Gasteiger partial charge in [0.2, 0.25) is 0 Å². The summed E-state index contributed by atoms with van der Waals surface area (Å²) in [5.41, 5.74) is 0.742. The predicted octanol–water partition coefficient (Wildman–Crippen LogP) is 1.37. The largest absolute Gasteiger partial charge is 0.489 e. The normalized spacial score (nSPS) is 18.8. The SMILES string of the molecule is OCC#Cc1cncc(OCC2CCCCO2)c1. The lowest BCUT2D eigenvalue weighted by molar-refractivity contribution is -0.0111. The van der Waals surface area contributed by atoms with Crippen molar-refractivity contribution < 1.29 is 14.6 Å². The van der Waals surface area contributed by atoms with Crippen LogP contribution in [0.5, 0.6) is 5.75 Å². The molecule has 0 radical (unpaired) electrons. The van der Waals surface area contributed by atoms with E-state index in [0.717, 1.165) is 25.0 Å². The zero-order valence-corrected chi connectivity index (χ0v) is 10.3. The van der Waals surface area contributed by atoms with Crippen LogP contribution in [0.2, 0.25) is 0 Å². The number of hydrogen-bond donors (Lipinski definition) is 1. The van der Waals surface area contributed by atoms with Gasteiger partial charge in [0.15, 0.2) is 0 Å². The first-order valence-electron chi connectivity index (χ1n) is 6.17. The van der Waals surface area contributed by atoms with E-state index >= 15 is 0 Å². The Morgan fingerprint density at radius 1 is 1.44 bits per heavy atom. The molecule has 0 aromatic carbocycles. The molecule has 2 heterocycles.